The second-order valence-corrected chi connectivity index (χ2v) is 2.94. The lowest BCUT2D eigenvalue weighted by atomic mass is 10.0. The Morgan fingerprint density at radius 1 is 1.54 bits per heavy atom. The van der Waals surface area contributed by atoms with Crippen molar-refractivity contribution in [2.75, 3.05) is 0 Å². The molecule has 1 aromatic rings. The quantitative estimate of drug-likeness (QED) is 0.541. The molecule has 0 aliphatic carbocycles. The minimum absolute atomic E-state index is 0.0355. The molecule has 0 aromatic heterocycles. The summed E-state index contributed by atoms with van der Waals surface area (Å²) in [4.78, 5) is 11.3. The van der Waals surface area contributed by atoms with Gasteiger partial charge in [0.15, 0.2) is 5.78 Å². The van der Waals surface area contributed by atoms with E-state index < -0.39 is 5.82 Å². The molecule has 1 aromatic carbocycles. The highest BCUT2D eigenvalue weighted by molar-refractivity contribution is 6.17. The molecule has 13 heavy (non-hydrogen) atoms. The maximum Gasteiger partial charge on any atom is 0.163 e. The molecule has 0 fully saturated rings. The van der Waals surface area contributed by atoms with Crippen molar-refractivity contribution in [1.29, 1.82) is 0 Å². The van der Waals surface area contributed by atoms with Crippen molar-refractivity contribution in [1.82, 2.24) is 0 Å². The summed E-state index contributed by atoms with van der Waals surface area (Å²) < 4.78 is 13.1. The van der Waals surface area contributed by atoms with Crippen LogP contribution in [0.5, 0.6) is 0 Å². The van der Waals surface area contributed by atoms with Crippen molar-refractivity contribution in [3.05, 3.63) is 35.1 Å². The van der Waals surface area contributed by atoms with E-state index in [-0.39, 0.29) is 11.7 Å². The zero-order valence-corrected chi connectivity index (χ0v) is 8.07. The molecule has 0 unspecified atom stereocenters. The van der Waals surface area contributed by atoms with E-state index in [0.29, 0.717) is 17.5 Å². The third-order valence-electron chi connectivity index (χ3n) is 1.87. The van der Waals surface area contributed by atoms with Gasteiger partial charge in [-0.05, 0) is 6.07 Å². The van der Waals surface area contributed by atoms with Gasteiger partial charge < -0.3 is 0 Å². The Hall–Kier alpha value is -0.890. The standard InChI is InChI=1S/C10H10ClFO/c1-2-10(13)7-4-3-5-9(12)8(7)6-11/h3-5H,2,6H2,1H3. The Labute approximate surface area is 81.5 Å². The average molecular weight is 201 g/mol. The van der Waals surface area contributed by atoms with Crippen LogP contribution in [0.25, 0.3) is 0 Å². The van der Waals surface area contributed by atoms with Gasteiger partial charge in [-0.2, -0.15) is 0 Å². The minimum Gasteiger partial charge on any atom is -0.294 e. The van der Waals surface area contributed by atoms with Gasteiger partial charge in [0.2, 0.25) is 0 Å². The first kappa shape index (κ1) is 10.2. The molecule has 0 aliphatic heterocycles. The summed E-state index contributed by atoms with van der Waals surface area (Å²) in [7, 11) is 0. The molecule has 0 spiro atoms. The average Bonchev–Trinajstić information content (AvgIpc) is 2.16. The second-order valence-electron chi connectivity index (χ2n) is 2.68. The number of halogens is 2. The Morgan fingerprint density at radius 2 is 2.23 bits per heavy atom. The fourth-order valence-corrected chi connectivity index (χ4v) is 1.42. The van der Waals surface area contributed by atoms with E-state index >= 15 is 0 Å². The van der Waals surface area contributed by atoms with E-state index in [1.165, 1.54) is 12.1 Å². The van der Waals surface area contributed by atoms with Crippen molar-refractivity contribution in [2.45, 2.75) is 19.2 Å². The first-order valence-electron chi connectivity index (χ1n) is 4.07. The Balaban J connectivity index is 3.20. The first-order valence-corrected chi connectivity index (χ1v) is 4.60. The molecule has 0 radical (unpaired) electrons. The number of alkyl halides is 1. The molecule has 0 N–H and O–H groups in total. The topological polar surface area (TPSA) is 17.1 Å². The van der Waals surface area contributed by atoms with E-state index in [1.807, 2.05) is 0 Å². The molecule has 3 heteroatoms. The van der Waals surface area contributed by atoms with Gasteiger partial charge >= 0.3 is 0 Å². The highest BCUT2D eigenvalue weighted by Crippen LogP contribution is 2.17. The van der Waals surface area contributed by atoms with Gasteiger partial charge in [-0.25, -0.2) is 4.39 Å². The van der Waals surface area contributed by atoms with Crippen molar-refractivity contribution < 1.29 is 9.18 Å². The molecule has 0 atom stereocenters. The number of Topliss-reactive ketones (excluding diaryl/α,β-unsaturated/α-hetero) is 1. The van der Waals surface area contributed by atoms with E-state index in [2.05, 4.69) is 0 Å². The Kier molecular flexibility index (Phi) is 3.43. The van der Waals surface area contributed by atoms with Crippen LogP contribution < -0.4 is 0 Å². The number of carbonyl (C=O) groups excluding carboxylic acids is 1. The zero-order chi connectivity index (χ0) is 9.84. The van der Waals surface area contributed by atoms with Gasteiger partial charge in [0.25, 0.3) is 0 Å². The summed E-state index contributed by atoms with van der Waals surface area (Å²) in [5, 5.41) is 0. The smallest absolute Gasteiger partial charge is 0.163 e. The minimum atomic E-state index is -0.408. The van der Waals surface area contributed by atoms with Crippen LogP contribution in [0.1, 0.15) is 29.3 Å². The number of ketones is 1. The largest absolute Gasteiger partial charge is 0.294 e. The predicted octanol–water partition coefficient (Wildman–Crippen LogP) is 3.16. The van der Waals surface area contributed by atoms with E-state index in [9.17, 15) is 9.18 Å². The molecule has 0 bridgehead atoms. The SMILES string of the molecule is CCC(=O)c1cccc(F)c1CCl. The summed E-state index contributed by atoms with van der Waals surface area (Å²) in [6.45, 7) is 1.74. The number of rotatable bonds is 3. The Bertz CT molecular complexity index is 323. The van der Waals surface area contributed by atoms with Crippen LogP contribution in [-0.2, 0) is 5.88 Å². The summed E-state index contributed by atoms with van der Waals surface area (Å²) in [6, 6.07) is 4.44. The van der Waals surface area contributed by atoms with E-state index in [4.69, 9.17) is 11.6 Å². The van der Waals surface area contributed by atoms with Crippen LogP contribution in [0, 0.1) is 5.82 Å². The van der Waals surface area contributed by atoms with Crippen LogP contribution in [0.2, 0.25) is 0 Å². The summed E-state index contributed by atoms with van der Waals surface area (Å²) in [5.74, 6) is -0.447. The summed E-state index contributed by atoms with van der Waals surface area (Å²) in [5.41, 5.74) is 0.702. The van der Waals surface area contributed by atoms with Gasteiger partial charge in [0.1, 0.15) is 5.82 Å². The lowest BCUT2D eigenvalue weighted by Crippen LogP contribution is -2.03. The van der Waals surface area contributed by atoms with Gasteiger partial charge in [0, 0.05) is 17.5 Å². The van der Waals surface area contributed by atoms with Gasteiger partial charge in [-0.15, -0.1) is 11.6 Å². The molecule has 0 heterocycles. The van der Waals surface area contributed by atoms with Crippen LogP contribution in [0.3, 0.4) is 0 Å². The van der Waals surface area contributed by atoms with Crippen molar-refractivity contribution in [2.24, 2.45) is 0 Å². The molecule has 0 saturated heterocycles. The lowest BCUT2D eigenvalue weighted by molar-refractivity contribution is 0.0987. The molecular weight excluding hydrogens is 191 g/mol. The monoisotopic (exact) mass is 200 g/mol. The lowest BCUT2D eigenvalue weighted by Gasteiger charge is -2.05. The van der Waals surface area contributed by atoms with E-state index in [1.54, 1.807) is 13.0 Å². The van der Waals surface area contributed by atoms with Crippen LogP contribution in [0.4, 0.5) is 4.39 Å². The summed E-state index contributed by atoms with van der Waals surface area (Å²) >= 11 is 5.55. The highest BCUT2D eigenvalue weighted by Gasteiger charge is 2.11. The third-order valence-corrected chi connectivity index (χ3v) is 2.14. The fraction of sp³-hybridized carbons (Fsp3) is 0.300. The molecular formula is C10H10ClFO. The first-order chi connectivity index (χ1) is 6.20. The maximum absolute atomic E-state index is 13.1. The normalized spacial score (nSPS) is 10.1. The molecule has 0 saturated carbocycles. The van der Waals surface area contributed by atoms with Crippen LogP contribution in [0.15, 0.2) is 18.2 Å². The van der Waals surface area contributed by atoms with Crippen molar-refractivity contribution in [3.63, 3.8) is 0 Å². The van der Waals surface area contributed by atoms with Gasteiger partial charge in [0.05, 0.1) is 5.88 Å². The molecule has 1 nitrogen and oxygen atoms in total. The molecule has 0 amide bonds. The maximum atomic E-state index is 13.1. The molecule has 0 aliphatic rings. The number of carbonyl (C=O) groups is 1. The van der Waals surface area contributed by atoms with Gasteiger partial charge in [-0.1, -0.05) is 19.1 Å². The summed E-state index contributed by atoms with van der Waals surface area (Å²) in [6.07, 6.45) is 0.368. The van der Waals surface area contributed by atoms with Crippen molar-refractivity contribution >= 4 is 17.4 Å². The predicted molar refractivity (Wildman–Crippen MR) is 50.6 cm³/mol. The highest BCUT2D eigenvalue weighted by atomic mass is 35.5. The van der Waals surface area contributed by atoms with Crippen LogP contribution >= 0.6 is 11.6 Å². The van der Waals surface area contributed by atoms with Crippen LogP contribution in [-0.4, -0.2) is 5.78 Å². The third kappa shape index (κ3) is 2.07. The second kappa shape index (κ2) is 4.38. The number of hydrogen-bond acceptors (Lipinski definition) is 1. The molecule has 1 rings (SSSR count). The Morgan fingerprint density at radius 3 is 2.77 bits per heavy atom. The van der Waals surface area contributed by atoms with Gasteiger partial charge in [-0.3, -0.25) is 4.79 Å². The number of benzene rings is 1. The van der Waals surface area contributed by atoms with Crippen molar-refractivity contribution in [3.8, 4) is 0 Å². The molecule has 70 valence electrons. The zero-order valence-electron chi connectivity index (χ0n) is 7.31. The number of hydrogen-bond donors (Lipinski definition) is 0. The van der Waals surface area contributed by atoms with E-state index in [0.717, 1.165) is 0 Å². The fourth-order valence-electron chi connectivity index (χ4n) is 1.15.